The largest absolute Gasteiger partial charge is 0.366 e. The molecule has 2 aromatic carbocycles. The van der Waals surface area contributed by atoms with E-state index in [0.29, 0.717) is 17.1 Å². The van der Waals surface area contributed by atoms with Crippen LogP contribution in [0.1, 0.15) is 5.56 Å². The number of halogens is 1. The van der Waals surface area contributed by atoms with Gasteiger partial charge in [0.1, 0.15) is 11.6 Å². The summed E-state index contributed by atoms with van der Waals surface area (Å²) in [5.74, 6) is 0.230. The second-order valence-corrected chi connectivity index (χ2v) is 6.98. The number of sulfonamides is 1. The summed E-state index contributed by atoms with van der Waals surface area (Å²) in [5, 5.41) is 3.00. The summed E-state index contributed by atoms with van der Waals surface area (Å²) < 4.78 is 40.5. The fourth-order valence-corrected chi connectivity index (χ4v) is 3.26. The maximum Gasteiger partial charge on any atom is 0.261 e. The van der Waals surface area contributed by atoms with Crippen molar-refractivity contribution >= 4 is 21.5 Å². The highest BCUT2D eigenvalue weighted by Gasteiger charge is 2.13. The number of pyridine rings is 1. The SMILES string of the molecule is O=S(=O)(Nc1ccc(NCc2ccccc2F)nc1)c1ccccc1. The molecule has 25 heavy (non-hydrogen) atoms. The zero-order chi connectivity index (χ0) is 17.7. The lowest BCUT2D eigenvalue weighted by Crippen LogP contribution is -2.13. The van der Waals surface area contributed by atoms with Crippen LogP contribution in [0.2, 0.25) is 0 Å². The van der Waals surface area contributed by atoms with Crippen LogP contribution in [-0.2, 0) is 16.6 Å². The number of nitrogens with zero attached hydrogens (tertiary/aromatic N) is 1. The smallest absolute Gasteiger partial charge is 0.261 e. The van der Waals surface area contributed by atoms with Crippen molar-refractivity contribution in [3.63, 3.8) is 0 Å². The molecule has 0 aliphatic rings. The standard InChI is InChI=1S/C18H16FN3O2S/c19-17-9-5-4-6-14(17)12-20-18-11-10-15(13-21-18)22-25(23,24)16-7-2-1-3-8-16/h1-11,13,22H,12H2,(H,20,21). The van der Waals surface area contributed by atoms with Crippen LogP contribution >= 0.6 is 0 Å². The highest BCUT2D eigenvalue weighted by atomic mass is 32.2. The maximum atomic E-state index is 13.6. The second kappa shape index (κ2) is 7.31. The van der Waals surface area contributed by atoms with Crippen molar-refractivity contribution in [1.29, 1.82) is 0 Å². The van der Waals surface area contributed by atoms with Crippen LogP contribution in [-0.4, -0.2) is 13.4 Å². The molecule has 2 N–H and O–H groups in total. The molecule has 5 nitrogen and oxygen atoms in total. The first-order valence-electron chi connectivity index (χ1n) is 7.56. The highest BCUT2D eigenvalue weighted by molar-refractivity contribution is 7.92. The molecule has 1 aromatic heterocycles. The molecule has 3 aromatic rings. The number of anilines is 2. The van der Waals surface area contributed by atoms with E-state index in [-0.39, 0.29) is 17.3 Å². The quantitative estimate of drug-likeness (QED) is 0.707. The lowest BCUT2D eigenvalue weighted by molar-refractivity contribution is 0.601. The van der Waals surface area contributed by atoms with Crippen molar-refractivity contribution in [2.75, 3.05) is 10.0 Å². The third-order valence-electron chi connectivity index (χ3n) is 3.49. The Morgan fingerprint density at radius 3 is 2.32 bits per heavy atom. The molecule has 0 radical (unpaired) electrons. The van der Waals surface area contributed by atoms with E-state index in [1.807, 2.05) is 0 Å². The normalized spacial score (nSPS) is 11.1. The van der Waals surface area contributed by atoms with Crippen molar-refractivity contribution < 1.29 is 12.8 Å². The lowest BCUT2D eigenvalue weighted by Gasteiger charge is -2.09. The fourth-order valence-electron chi connectivity index (χ4n) is 2.20. The number of hydrogen-bond acceptors (Lipinski definition) is 4. The van der Waals surface area contributed by atoms with Gasteiger partial charge in [-0.25, -0.2) is 17.8 Å². The predicted octanol–water partition coefficient (Wildman–Crippen LogP) is 3.63. The van der Waals surface area contributed by atoms with Gasteiger partial charge < -0.3 is 5.32 Å². The van der Waals surface area contributed by atoms with Crippen molar-refractivity contribution in [3.05, 3.63) is 84.3 Å². The highest BCUT2D eigenvalue weighted by Crippen LogP contribution is 2.17. The van der Waals surface area contributed by atoms with Crippen LogP contribution in [0.3, 0.4) is 0 Å². The first-order chi connectivity index (χ1) is 12.0. The molecular weight excluding hydrogens is 341 g/mol. The van der Waals surface area contributed by atoms with Crippen LogP contribution < -0.4 is 10.0 Å². The lowest BCUT2D eigenvalue weighted by atomic mass is 10.2. The Balaban J connectivity index is 1.65. The zero-order valence-electron chi connectivity index (χ0n) is 13.2. The molecule has 0 aliphatic heterocycles. The molecule has 0 spiro atoms. The topological polar surface area (TPSA) is 71.1 Å². The maximum absolute atomic E-state index is 13.6. The molecule has 0 aliphatic carbocycles. The van der Waals surface area contributed by atoms with Gasteiger partial charge in [0.2, 0.25) is 0 Å². The van der Waals surface area contributed by atoms with E-state index >= 15 is 0 Å². The fraction of sp³-hybridized carbons (Fsp3) is 0.0556. The molecule has 0 saturated heterocycles. The van der Waals surface area contributed by atoms with Gasteiger partial charge in [-0.3, -0.25) is 4.72 Å². The minimum Gasteiger partial charge on any atom is -0.366 e. The van der Waals surface area contributed by atoms with Crippen LogP contribution in [0.5, 0.6) is 0 Å². The summed E-state index contributed by atoms with van der Waals surface area (Å²) in [5.41, 5.74) is 0.874. The number of benzene rings is 2. The summed E-state index contributed by atoms with van der Waals surface area (Å²) >= 11 is 0. The zero-order valence-corrected chi connectivity index (χ0v) is 14.0. The molecule has 0 bridgehead atoms. The first kappa shape index (κ1) is 16.9. The Morgan fingerprint density at radius 1 is 0.920 bits per heavy atom. The summed E-state index contributed by atoms with van der Waals surface area (Å²) in [6, 6.07) is 17.8. The first-order valence-corrected chi connectivity index (χ1v) is 9.04. The Kier molecular flexibility index (Phi) is 4.95. The summed E-state index contributed by atoms with van der Waals surface area (Å²) in [6.07, 6.45) is 1.41. The average Bonchev–Trinajstić information content (AvgIpc) is 2.63. The van der Waals surface area contributed by atoms with Gasteiger partial charge in [-0.1, -0.05) is 36.4 Å². The summed E-state index contributed by atoms with van der Waals surface area (Å²) in [6.45, 7) is 0.286. The molecule has 0 saturated carbocycles. The molecule has 3 rings (SSSR count). The van der Waals surface area contributed by atoms with E-state index in [4.69, 9.17) is 0 Å². The Morgan fingerprint density at radius 2 is 1.64 bits per heavy atom. The third kappa shape index (κ3) is 4.33. The summed E-state index contributed by atoms with van der Waals surface area (Å²) in [7, 11) is -3.65. The van der Waals surface area contributed by atoms with E-state index in [1.165, 1.54) is 24.4 Å². The van der Waals surface area contributed by atoms with E-state index in [9.17, 15) is 12.8 Å². The van der Waals surface area contributed by atoms with Crippen LogP contribution in [0.4, 0.5) is 15.9 Å². The molecule has 7 heteroatoms. The van der Waals surface area contributed by atoms with Crippen molar-refractivity contribution in [2.45, 2.75) is 11.4 Å². The molecule has 1 heterocycles. The van der Waals surface area contributed by atoms with Crippen molar-refractivity contribution in [3.8, 4) is 0 Å². The number of aromatic nitrogens is 1. The van der Waals surface area contributed by atoms with Gasteiger partial charge in [-0.2, -0.15) is 0 Å². The minimum absolute atomic E-state index is 0.178. The van der Waals surface area contributed by atoms with E-state index in [1.54, 1.807) is 48.5 Å². The van der Waals surface area contributed by atoms with Crippen LogP contribution in [0.15, 0.2) is 77.8 Å². The molecule has 0 unspecified atom stereocenters. The molecule has 0 amide bonds. The van der Waals surface area contributed by atoms with Crippen molar-refractivity contribution in [2.24, 2.45) is 0 Å². The van der Waals surface area contributed by atoms with Crippen LogP contribution in [0, 0.1) is 5.82 Å². The number of nitrogens with one attached hydrogen (secondary N) is 2. The van der Waals surface area contributed by atoms with Crippen molar-refractivity contribution in [1.82, 2.24) is 4.98 Å². The van der Waals surface area contributed by atoms with Gasteiger partial charge in [0.15, 0.2) is 0 Å². The van der Waals surface area contributed by atoms with Gasteiger partial charge in [0.25, 0.3) is 10.0 Å². The van der Waals surface area contributed by atoms with Gasteiger partial charge in [-0.05, 0) is 30.3 Å². The second-order valence-electron chi connectivity index (χ2n) is 5.30. The number of hydrogen-bond donors (Lipinski definition) is 2. The Labute approximate surface area is 145 Å². The molecule has 0 fully saturated rings. The van der Waals surface area contributed by atoms with E-state index in [2.05, 4.69) is 15.0 Å². The Hall–Kier alpha value is -2.93. The van der Waals surface area contributed by atoms with E-state index in [0.717, 1.165) is 0 Å². The molecule has 0 atom stereocenters. The molecular formula is C18H16FN3O2S. The summed E-state index contributed by atoms with van der Waals surface area (Å²) in [4.78, 5) is 4.32. The Bertz CT molecular complexity index is 946. The monoisotopic (exact) mass is 357 g/mol. The van der Waals surface area contributed by atoms with Crippen LogP contribution in [0.25, 0.3) is 0 Å². The third-order valence-corrected chi connectivity index (χ3v) is 4.88. The van der Waals surface area contributed by atoms with Gasteiger partial charge in [0.05, 0.1) is 16.8 Å². The molecule has 128 valence electrons. The predicted molar refractivity (Wildman–Crippen MR) is 95.2 cm³/mol. The minimum atomic E-state index is -3.65. The van der Waals surface area contributed by atoms with Gasteiger partial charge in [-0.15, -0.1) is 0 Å². The number of rotatable bonds is 6. The van der Waals surface area contributed by atoms with Gasteiger partial charge in [0, 0.05) is 12.1 Å². The average molecular weight is 357 g/mol. The van der Waals surface area contributed by atoms with E-state index < -0.39 is 10.0 Å². The van der Waals surface area contributed by atoms with Gasteiger partial charge >= 0.3 is 0 Å².